The number of aliphatic imine (C=N–C) groups is 4. The molecular weight excluding hydrogens is 403 g/mol. The van der Waals surface area contributed by atoms with Crippen molar-refractivity contribution in [1.29, 1.82) is 0 Å². The maximum Gasteiger partial charge on any atom is 0.0659 e. The minimum atomic E-state index is 0. The van der Waals surface area contributed by atoms with E-state index in [-0.39, 0.29) is 20.4 Å². The Morgan fingerprint density at radius 3 is 0.840 bits per heavy atom. The number of hydrogen-bond donors (Lipinski definition) is 0. The molecule has 5 heteroatoms. The third kappa shape index (κ3) is 3.25. The Morgan fingerprint density at radius 2 is 0.600 bits per heavy atom. The van der Waals surface area contributed by atoms with E-state index < -0.39 is 0 Å². The largest absolute Gasteiger partial charge is 0.249 e. The van der Waals surface area contributed by atoms with Crippen LogP contribution >= 0.6 is 0 Å². The average molecular weight is 415 g/mol. The third-order valence-corrected chi connectivity index (χ3v) is 3.92. The van der Waals surface area contributed by atoms with Gasteiger partial charge < -0.3 is 0 Å². The summed E-state index contributed by atoms with van der Waals surface area (Å²) in [4.78, 5) is 18.4. The molecule has 0 radical (unpaired) electrons. The number of rotatable bonds is 0. The zero-order valence-electron chi connectivity index (χ0n) is 13.0. The maximum absolute atomic E-state index is 4.59. The van der Waals surface area contributed by atoms with Gasteiger partial charge in [-0.1, -0.05) is 0 Å². The summed E-state index contributed by atoms with van der Waals surface area (Å²) in [6.45, 7) is 0. The van der Waals surface area contributed by atoms with Gasteiger partial charge in [-0.05, 0) is 72.9 Å². The van der Waals surface area contributed by atoms with Gasteiger partial charge in [0.05, 0.1) is 45.6 Å². The second-order valence-corrected chi connectivity index (χ2v) is 5.76. The van der Waals surface area contributed by atoms with Gasteiger partial charge in [-0.25, -0.2) is 20.0 Å². The minimum absolute atomic E-state index is 0. The molecule has 0 aromatic carbocycles. The zero-order chi connectivity index (χ0) is 15.9. The van der Waals surface area contributed by atoms with Gasteiger partial charge in [0.15, 0.2) is 0 Å². The van der Waals surface area contributed by atoms with Crippen LogP contribution in [0.15, 0.2) is 116 Å². The number of allylic oxidation sites excluding steroid dienone is 12. The molecule has 0 spiro atoms. The molecule has 0 atom stereocenters. The smallest absolute Gasteiger partial charge is 0.0659 e. The van der Waals surface area contributed by atoms with Crippen LogP contribution in [-0.2, 0) is 20.4 Å². The standard InChI is InChI=1S/C20H12N4.Pd/c1-2-14-10-16-5-6-18(23-16)12-20-8-7-19(24-20)11-17-4-3-15(22-17)9-13(1)21-14;/h1-12H;. The topological polar surface area (TPSA) is 49.4 Å². The second-order valence-electron chi connectivity index (χ2n) is 5.76. The van der Waals surface area contributed by atoms with E-state index in [1.807, 2.05) is 72.9 Å². The van der Waals surface area contributed by atoms with Crippen molar-refractivity contribution >= 4 is 22.8 Å². The van der Waals surface area contributed by atoms with Crippen molar-refractivity contribution in [3.05, 3.63) is 95.7 Å². The van der Waals surface area contributed by atoms with E-state index >= 15 is 0 Å². The Bertz CT molecular complexity index is 848. The van der Waals surface area contributed by atoms with Crippen LogP contribution < -0.4 is 0 Å². The molecule has 5 rings (SSSR count). The first-order valence-electron chi connectivity index (χ1n) is 7.74. The molecule has 5 heterocycles. The Hall–Kier alpha value is -2.74. The summed E-state index contributed by atoms with van der Waals surface area (Å²) < 4.78 is 0. The summed E-state index contributed by atoms with van der Waals surface area (Å²) in [5.74, 6) is 0. The molecular formula is C20H12N4Pd. The summed E-state index contributed by atoms with van der Waals surface area (Å²) in [6, 6.07) is 0. The Labute approximate surface area is 158 Å². The summed E-state index contributed by atoms with van der Waals surface area (Å²) in [5.41, 5.74) is 7.15. The van der Waals surface area contributed by atoms with Crippen LogP contribution in [0.5, 0.6) is 0 Å². The van der Waals surface area contributed by atoms with Crippen molar-refractivity contribution in [2.45, 2.75) is 0 Å². The molecule has 122 valence electrons. The van der Waals surface area contributed by atoms with Crippen molar-refractivity contribution in [2.24, 2.45) is 20.0 Å². The molecule has 0 saturated carbocycles. The molecule has 0 unspecified atom stereocenters. The molecule has 0 aromatic rings. The van der Waals surface area contributed by atoms with Gasteiger partial charge >= 0.3 is 0 Å². The number of nitrogens with zero attached hydrogens (tertiary/aromatic N) is 4. The van der Waals surface area contributed by atoms with Crippen LogP contribution in [0.25, 0.3) is 0 Å². The van der Waals surface area contributed by atoms with Gasteiger partial charge in [-0.2, -0.15) is 0 Å². The molecule has 0 aliphatic carbocycles. The second kappa shape index (κ2) is 6.29. The molecule has 5 aliphatic rings. The summed E-state index contributed by atoms with van der Waals surface area (Å²) in [5, 5.41) is 0. The molecule has 0 aromatic heterocycles. The average Bonchev–Trinajstić information content (AvgIpc) is 3.32. The minimum Gasteiger partial charge on any atom is -0.249 e. The van der Waals surface area contributed by atoms with E-state index in [4.69, 9.17) is 0 Å². The number of hydrogen-bond acceptors (Lipinski definition) is 4. The van der Waals surface area contributed by atoms with E-state index in [1.165, 1.54) is 0 Å². The van der Waals surface area contributed by atoms with Crippen LogP contribution in [0.3, 0.4) is 0 Å². The molecule has 0 saturated heterocycles. The Kier molecular flexibility index (Phi) is 3.97. The third-order valence-electron chi connectivity index (χ3n) is 3.92. The van der Waals surface area contributed by atoms with Crippen LogP contribution in [0.1, 0.15) is 0 Å². The molecule has 4 nitrogen and oxygen atoms in total. The predicted molar refractivity (Wildman–Crippen MR) is 98.6 cm³/mol. The molecule has 0 N–H and O–H groups in total. The van der Waals surface area contributed by atoms with E-state index in [1.54, 1.807) is 0 Å². The number of fused-ring (bicyclic) bond motifs is 4. The Balaban J connectivity index is 0.00000157. The Morgan fingerprint density at radius 1 is 0.360 bits per heavy atom. The molecule has 0 fully saturated rings. The fourth-order valence-electron chi connectivity index (χ4n) is 2.83. The van der Waals surface area contributed by atoms with Gasteiger partial charge in [0.2, 0.25) is 0 Å². The summed E-state index contributed by atoms with van der Waals surface area (Å²) in [7, 11) is 0. The van der Waals surface area contributed by atoms with E-state index in [0.29, 0.717) is 0 Å². The molecule has 8 bridgehead atoms. The van der Waals surface area contributed by atoms with Gasteiger partial charge in [0, 0.05) is 20.4 Å². The first-order valence-corrected chi connectivity index (χ1v) is 7.74. The van der Waals surface area contributed by atoms with E-state index in [0.717, 1.165) is 45.6 Å². The van der Waals surface area contributed by atoms with Crippen molar-refractivity contribution in [1.82, 2.24) is 0 Å². The zero-order valence-corrected chi connectivity index (χ0v) is 14.6. The van der Waals surface area contributed by atoms with Gasteiger partial charge in [0.25, 0.3) is 0 Å². The van der Waals surface area contributed by atoms with Gasteiger partial charge in [-0.3, -0.25) is 0 Å². The normalized spacial score (nSPS) is 21.8. The summed E-state index contributed by atoms with van der Waals surface area (Å²) >= 11 is 0. The van der Waals surface area contributed by atoms with Gasteiger partial charge in [0.1, 0.15) is 0 Å². The van der Waals surface area contributed by atoms with Crippen LogP contribution in [-0.4, -0.2) is 22.8 Å². The predicted octanol–water partition coefficient (Wildman–Crippen LogP) is 3.58. The monoisotopic (exact) mass is 414 g/mol. The van der Waals surface area contributed by atoms with Crippen molar-refractivity contribution in [3.8, 4) is 0 Å². The van der Waals surface area contributed by atoms with Crippen LogP contribution in [0, 0.1) is 0 Å². The first-order chi connectivity index (χ1) is 11.8. The quantitative estimate of drug-likeness (QED) is 0.544. The van der Waals surface area contributed by atoms with Crippen LogP contribution in [0.4, 0.5) is 0 Å². The molecule has 25 heavy (non-hydrogen) atoms. The summed E-state index contributed by atoms with van der Waals surface area (Å²) in [6.07, 6.45) is 23.8. The fourth-order valence-corrected chi connectivity index (χ4v) is 2.83. The maximum atomic E-state index is 4.59. The van der Waals surface area contributed by atoms with E-state index in [2.05, 4.69) is 20.0 Å². The van der Waals surface area contributed by atoms with Crippen molar-refractivity contribution in [3.63, 3.8) is 0 Å². The van der Waals surface area contributed by atoms with Crippen molar-refractivity contribution < 1.29 is 20.4 Å². The first kappa shape index (κ1) is 15.8. The van der Waals surface area contributed by atoms with Crippen molar-refractivity contribution in [2.75, 3.05) is 0 Å². The molecule has 0 amide bonds. The van der Waals surface area contributed by atoms with Gasteiger partial charge in [-0.15, -0.1) is 0 Å². The van der Waals surface area contributed by atoms with Crippen LogP contribution in [0.2, 0.25) is 0 Å². The molecule has 5 aliphatic heterocycles. The SMILES string of the molecule is C1=CC2=NC1=CC1=NC(=CC3=NC(=CC4=NC(=C2)C=C4)C=C3)C=C1.[Pd]. The van der Waals surface area contributed by atoms with E-state index in [9.17, 15) is 0 Å². The fraction of sp³-hybridized carbons (Fsp3) is 0.